The zero-order valence-corrected chi connectivity index (χ0v) is 25.7. The number of ether oxygens (including phenoxy) is 1. The molecule has 1 amide bonds. The third kappa shape index (κ3) is 6.19. The number of benzene rings is 3. The van der Waals surface area contributed by atoms with Crippen LogP contribution < -0.4 is 15.4 Å². The Morgan fingerprint density at radius 3 is 2.52 bits per heavy atom. The lowest BCUT2D eigenvalue weighted by Gasteiger charge is -2.21. The average Bonchev–Trinajstić information content (AvgIpc) is 3.29. The first-order valence-electron chi connectivity index (χ1n) is 13.9. The number of amides is 1. The molecule has 1 aliphatic heterocycles. The second kappa shape index (κ2) is 12.9. The smallest absolute Gasteiger partial charge is 0.291 e. The van der Waals surface area contributed by atoms with E-state index in [1.54, 1.807) is 20.1 Å². The molecule has 220 valence electrons. The van der Waals surface area contributed by atoms with Gasteiger partial charge in [-0.1, -0.05) is 65.7 Å². The maximum Gasteiger partial charge on any atom is 0.291 e. The summed E-state index contributed by atoms with van der Waals surface area (Å²) in [6.45, 7) is 4.44. The number of rotatable bonds is 9. The van der Waals surface area contributed by atoms with Gasteiger partial charge in [-0.25, -0.2) is 4.98 Å². The minimum Gasteiger partial charge on any atom is -0.496 e. The molecule has 5 rings (SSSR count). The van der Waals surface area contributed by atoms with Crippen LogP contribution in [-0.2, 0) is 26.6 Å². The van der Waals surface area contributed by atoms with Gasteiger partial charge in [0.15, 0.2) is 5.82 Å². The van der Waals surface area contributed by atoms with Gasteiger partial charge in [-0.15, -0.1) is 0 Å². The molecule has 0 fully saturated rings. The standard InChI is InChI=1S/C32H35Cl2N5O3/c1-19(40)16-35-17-21-12-11-20(15-28(21)42-4)22-7-5-8-23(29(22)33)24-9-6-10-25(30(24)34)37-32(41)31-36-26-18-38(2)14-13-27(26)39(31)3/h5-12,15,19,35,40H,13-14,16-18H2,1-4H3,(H,37,41)/t19-/m1/s1. The summed E-state index contributed by atoms with van der Waals surface area (Å²) in [6, 6.07) is 17.2. The summed E-state index contributed by atoms with van der Waals surface area (Å²) in [5.74, 6) is 0.760. The second-order valence-corrected chi connectivity index (χ2v) is 11.4. The molecule has 8 nitrogen and oxygen atoms in total. The molecule has 3 N–H and O–H groups in total. The number of imidazole rings is 1. The number of halogens is 2. The molecule has 1 aromatic heterocycles. The molecule has 1 atom stereocenters. The number of nitrogens with one attached hydrogen (secondary N) is 2. The summed E-state index contributed by atoms with van der Waals surface area (Å²) >= 11 is 13.9. The zero-order chi connectivity index (χ0) is 30.0. The van der Waals surface area contributed by atoms with Crippen LogP contribution in [0.2, 0.25) is 10.0 Å². The van der Waals surface area contributed by atoms with E-state index in [2.05, 4.69) is 20.5 Å². The predicted octanol–water partition coefficient (Wildman–Crippen LogP) is 5.78. The Bertz CT molecular complexity index is 1620. The third-order valence-corrected chi connectivity index (χ3v) is 8.35. The summed E-state index contributed by atoms with van der Waals surface area (Å²) in [5.41, 5.74) is 6.63. The normalized spacial score (nSPS) is 14.0. The number of likely N-dealkylation sites (N-methyl/N-ethyl adjacent to an activating group) is 1. The van der Waals surface area contributed by atoms with Gasteiger partial charge in [0.25, 0.3) is 5.91 Å². The Morgan fingerprint density at radius 1 is 1.07 bits per heavy atom. The average molecular weight is 609 g/mol. The van der Waals surface area contributed by atoms with Crippen LogP contribution in [0.4, 0.5) is 5.69 Å². The van der Waals surface area contributed by atoms with E-state index in [1.165, 1.54) is 0 Å². The van der Waals surface area contributed by atoms with Crippen molar-refractivity contribution in [2.45, 2.75) is 32.5 Å². The minimum atomic E-state index is -0.433. The predicted molar refractivity (Wildman–Crippen MR) is 168 cm³/mol. The van der Waals surface area contributed by atoms with Gasteiger partial charge in [-0.3, -0.25) is 4.79 Å². The molecule has 0 radical (unpaired) electrons. The van der Waals surface area contributed by atoms with E-state index in [0.29, 0.717) is 40.2 Å². The summed E-state index contributed by atoms with van der Waals surface area (Å²) < 4.78 is 7.53. The molecule has 4 aromatic rings. The van der Waals surface area contributed by atoms with Crippen molar-refractivity contribution in [1.29, 1.82) is 0 Å². The Balaban J connectivity index is 1.42. The Hall–Kier alpha value is -3.40. The summed E-state index contributed by atoms with van der Waals surface area (Å²) in [6.07, 6.45) is 0.417. The van der Waals surface area contributed by atoms with Crippen molar-refractivity contribution in [2.75, 3.05) is 32.6 Å². The minimum absolute atomic E-state index is 0.316. The monoisotopic (exact) mass is 607 g/mol. The van der Waals surface area contributed by atoms with Crippen LogP contribution in [0, 0.1) is 0 Å². The Morgan fingerprint density at radius 2 is 1.79 bits per heavy atom. The maximum atomic E-state index is 13.3. The van der Waals surface area contributed by atoms with Gasteiger partial charge in [0, 0.05) is 67.6 Å². The number of nitrogens with zero attached hydrogens (tertiary/aromatic N) is 3. The lowest BCUT2D eigenvalue weighted by molar-refractivity contribution is 0.101. The van der Waals surface area contributed by atoms with Crippen LogP contribution >= 0.6 is 23.2 Å². The quantitative estimate of drug-likeness (QED) is 0.223. The number of aliphatic hydroxyl groups is 1. The largest absolute Gasteiger partial charge is 0.496 e. The van der Waals surface area contributed by atoms with Crippen LogP contribution in [-0.4, -0.2) is 58.8 Å². The van der Waals surface area contributed by atoms with E-state index in [4.69, 9.17) is 27.9 Å². The first kappa shape index (κ1) is 30.1. The molecule has 0 saturated heterocycles. The molecule has 0 aliphatic carbocycles. The van der Waals surface area contributed by atoms with Crippen molar-refractivity contribution < 1.29 is 14.6 Å². The van der Waals surface area contributed by atoms with E-state index in [1.807, 2.05) is 67.2 Å². The van der Waals surface area contributed by atoms with E-state index >= 15 is 0 Å². The third-order valence-electron chi connectivity index (χ3n) is 7.54. The van der Waals surface area contributed by atoms with Crippen molar-refractivity contribution in [1.82, 2.24) is 19.8 Å². The number of methoxy groups -OCH3 is 1. The summed E-state index contributed by atoms with van der Waals surface area (Å²) in [4.78, 5) is 20.1. The fourth-order valence-electron chi connectivity index (χ4n) is 5.31. The van der Waals surface area contributed by atoms with Gasteiger partial charge in [0.1, 0.15) is 5.75 Å². The highest BCUT2D eigenvalue weighted by molar-refractivity contribution is 6.39. The first-order valence-corrected chi connectivity index (χ1v) is 14.6. The highest BCUT2D eigenvalue weighted by Crippen LogP contribution is 2.42. The number of anilines is 1. The molecule has 3 aromatic carbocycles. The molecule has 0 saturated carbocycles. The van der Waals surface area contributed by atoms with Crippen LogP contribution in [0.25, 0.3) is 22.3 Å². The second-order valence-electron chi connectivity index (χ2n) is 10.7. The van der Waals surface area contributed by atoms with Gasteiger partial charge in [-0.05, 0) is 31.7 Å². The molecule has 0 bridgehead atoms. The number of carbonyl (C=O) groups is 1. The van der Waals surface area contributed by atoms with Gasteiger partial charge < -0.3 is 29.9 Å². The number of carbonyl (C=O) groups excluding carboxylic acids is 1. The molecule has 1 aliphatic rings. The number of aliphatic hydroxyl groups excluding tert-OH is 1. The van der Waals surface area contributed by atoms with Crippen LogP contribution in [0.1, 0.15) is 34.5 Å². The first-order chi connectivity index (χ1) is 20.2. The van der Waals surface area contributed by atoms with Crippen LogP contribution in [0.5, 0.6) is 5.75 Å². The highest BCUT2D eigenvalue weighted by Gasteiger charge is 2.25. The highest BCUT2D eigenvalue weighted by atomic mass is 35.5. The number of hydrogen-bond acceptors (Lipinski definition) is 6. The summed E-state index contributed by atoms with van der Waals surface area (Å²) in [7, 11) is 5.56. The van der Waals surface area contributed by atoms with Crippen molar-refractivity contribution in [2.24, 2.45) is 7.05 Å². The van der Waals surface area contributed by atoms with Crippen LogP contribution in [0.15, 0.2) is 54.6 Å². The van der Waals surface area contributed by atoms with Crippen molar-refractivity contribution in [3.05, 3.63) is 87.4 Å². The van der Waals surface area contributed by atoms with E-state index in [0.717, 1.165) is 58.9 Å². The van der Waals surface area contributed by atoms with E-state index in [-0.39, 0.29) is 5.91 Å². The molecular weight excluding hydrogens is 573 g/mol. The van der Waals surface area contributed by atoms with Gasteiger partial charge in [0.2, 0.25) is 0 Å². The van der Waals surface area contributed by atoms with Crippen LogP contribution in [0.3, 0.4) is 0 Å². The number of hydrogen-bond donors (Lipinski definition) is 3. The molecule has 42 heavy (non-hydrogen) atoms. The molecule has 0 unspecified atom stereocenters. The molecule has 10 heteroatoms. The topological polar surface area (TPSA) is 91.7 Å². The van der Waals surface area contributed by atoms with E-state index < -0.39 is 6.10 Å². The molecule has 0 spiro atoms. The number of fused-ring (bicyclic) bond motifs is 1. The fourth-order valence-corrected chi connectivity index (χ4v) is 5.93. The fraction of sp³-hybridized carbons (Fsp3) is 0.312. The van der Waals surface area contributed by atoms with Gasteiger partial charge in [0.05, 0.1) is 34.6 Å². The van der Waals surface area contributed by atoms with Gasteiger partial charge >= 0.3 is 0 Å². The van der Waals surface area contributed by atoms with Crippen molar-refractivity contribution in [3.8, 4) is 28.0 Å². The van der Waals surface area contributed by atoms with Gasteiger partial charge in [-0.2, -0.15) is 0 Å². The zero-order valence-electron chi connectivity index (χ0n) is 24.2. The SMILES string of the molecule is COc1cc(-c2cccc(-c3cccc(NC(=O)c4nc5c(n4C)CCN(C)C5)c3Cl)c2Cl)ccc1CNC[C@@H](C)O. The van der Waals surface area contributed by atoms with Crippen molar-refractivity contribution in [3.63, 3.8) is 0 Å². The Kier molecular flexibility index (Phi) is 9.20. The maximum absolute atomic E-state index is 13.3. The molecular formula is C32H35Cl2N5O3. The Labute approximate surface area is 256 Å². The lowest BCUT2D eigenvalue weighted by atomic mass is 9.97. The van der Waals surface area contributed by atoms with E-state index in [9.17, 15) is 9.90 Å². The summed E-state index contributed by atoms with van der Waals surface area (Å²) in [5, 5.41) is 16.6. The lowest BCUT2D eigenvalue weighted by Crippen LogP contribution is -2.27. The molecule has 2 heterocycles. The van der Waals surface area contributed by atoms with Crippen molar-refractivity contribution >= 4 is 34.8 Å². The number of aromatic nitrogens is 2.